The predicted molar refractivity (Wildman–Crippen MR) is 130 cm³/mol. The zero-order chi connectivity index (χ0) is 21.8. The molecule has 0 aromatic rings. The number of carbonyl (C=O) groups excluding carboxylic acids is 1. The molecule has 0 unspecified atom stereocenters. The van der Waals surface area contributed by atoms with Gasteiger partial charge in [0.2, 0.25) is 0 Å². The van der Waals surface area contributed by atoms with E-state index in [1.807, 2.05) is 0 Å². The topological polar surface area (TPSA) is 40.1 Å². The molecule has 0 aliphatic carbocycles. The average molecular weight is 514 g/mol. The Balaban J connectivity index is 0. The molecule has 2 nitrogen and oxygen atoms in total. The summed E-state index contributed by atoms with van der Waals surface area (Å²) < 4.78 is 3.25. The Kier molecular flexibility index (Phi) is 32.5. The fraction of sp³-hybridized carbons (Fsp3) is 0.885. The maximum atomic E-state index is 10.2. The first kappa shape index (κ1) is 31.2. The van der Waals surface area contributed by atoms with Gasteiger partial charge in [-0.1, -0.05) is 70.4 Å². The van der Waals surface area contributed by atoms with Crippen molar-refractivity contribution in [2.75, 3.05) is 0 Å². The van der Waals surface area contributed by atoms with Crippen molar-refractivity contribution >= 4 is 27.1 Å². The summed E-state index contributed by atoms with van der Waals surface area (Å²) in [6, 6.07) is 0. The fourth-order valence-corrected chi connectivity index (χ4v) is 7.23. The van der Waals surface area contributed by atoms with Crippen LogP contribution in [0, 0.1) is 0 Å². The molecular formula is C26H51O2Sn. The van der Waals surface area contributed by atoms with Crippen LogP contribution in [0.15, 0.2) is 12.2 Å². The summed E-state index contributed by atoms with van der Waals surface area (Å²) in [5.74, 6) is -0.914. The fourth-order valence-electron chi connectivity index (χ4n) is 3.07. The predicted octanol–water partition coefficient (Wildman–Crippen LogP) is 7.90. The van der Waals surface area contributed by atoms with Crippen molar-refractivity contribution in [3.8, 4) is 0 Å². The summed E-state index contributed by atoms with van der Waals surface area (Å²) in [6.07, 6.45) is 26.7. The molecule has 29 heavy (non-hydrogen) atoms. The van der Waals surface area contributed by atoms with E-state index in [2.05, 4.69) is 32.9 Å². The van der Waals surface area contributed by atoms with Gasteiger partial charge in [0.25, 0.3) is 0 Å². The van der Waals surface area contributed by atoms with Crippen molar-refractivity contribution in [3.63, 3.8) is 0 Å². The molecule has 0 saturated heterocycles. The van der Waals surface area contributed by atoms with Crippen molar-refractivity contribution in [2.45, 2.75) is 145 Å². The van der Waals surface area contributed by atoms with E-state index < -0.39 is 5.97 Å². The van der Waals surface area contributed by atoms with Crippen LogP contribution in [-0.4, -0.2) is 27.1 Å². The van der Waals surface area contributed by atoms with Crippen LogP contribution in [0.4, 0.5) is 0 Å². The van der Waals surface area contributed by atoms with Crippen LogP contribution in [-0.2, 0) is 4.79 Å². The van der Waals surface area contributed by atoms with Gasteiger partial charge in [0, 0.05) is 5.97 Å². The number of aliphatic carboxylic acids is 1. The standard InChI is InChI=1S/C18H34O2.2C4H9.Sn/c1-2-3-4-5-6-7-8-9-10-11-12-13-14-15-16-17-18(19)20;2*1-3-4-2;/h9-10H,2-8,11-17H2,1H3,(H,19,20);2*1,3-4H2,2H3;/q;;;+1/p-1. The van der Waals surface area contributed by atoms with Crippen molar-refractivity contribution in [1.29, 1.82) is 0 Å². The third kappa shape index (κ3) is 35.8. The maximum absolute atomic E-state index is 10.2. The van der Waals surface area contributed by atoms with E-state index in [1.165, 1.54) is 89.9 Å². The normalized spacial score (nSPS) is 10.7. The Bertz CT molecular complexity index is 323. The molecule has 0 aromatic heterocycles. The van der Waals surface area contributed by atoms with Gasteiger partial charge >= 0.3 is 69.5 Å². The number of hydrogen-bond donors (Lipinski definition) is 0. The second-order valence-corrected chi connectivity index (χ2v) is 12.4. The van der Waals surface area contributed by atoms with Crippen LogP contribution in [0.2, 0.25) is 8.87 Å². The van der Waals surface area contributed by atoms with Crippen LogP contribution in [0.5, 0.6) is 0 Å². The molecule has 0 rings (SSSR count). The molecule has 0 saturated carbocycles. The van der Waals surface area contributed by atoms with Gasteiger partial charge in [-0.3, -0.25) is 0 Å². The molecule has 0 N–H and O–H groups in total. The minimum atomic E-state index is -0.914. The second-order valence-electron chi connectivity index (χ2n) is 8.16. The average Bonchev–Trinajstić information content (AvgIpc) is 2.71. The molecule has 0 heterocycles. The summed E-state index contributed by atoms with van der Waals surface area (Å²) in [5, 5.41) is 10.2. The first-order chi connectivity index (χ1) is 14.2. The van der Waals surface area contributed by atoms with Gasteiger partial charge in [-0.25, -0.2) is 0 Å². The zero-order valence-electron chi connectivity index (χ0n) is 20.1. The number of carboxylic acids is 1. The van der Waals surface area contributed by atoms with Crippen LogP contribution < -0.4 is 5.11 Å². The molecule has 0 amide bonds. The Morgan fingerprint density at radius 2 is 1.03 bits per heavy atom. The zero-order valence-corrected chi connectivity index (χ0v) is 23.0. The van der Waals surface area contributed by atoms with E-state index in [0.717, 1.165) is 19.3 Å². The summed E-state index contributed by atoms with van der Waals surface area (Å²) in [6.45, 7) is 6.84. The van der Waals surface area contributed by atoms with Crippen molar-refractivity contribution in [1.82, 2.24) is 0 Å². The number of allylic oxidation sites excluding steroid dienone is 2. The molecule has 0 aromatic carbocycles. The molecule has 0 aliphatic rings. The van der Waals surface area contributed by atoms with Crippen LogP contribution in [0.1, 0.15) is 136 Å². The number of carboxylic acid groups (broad SMARTS) is 1. The third-order valence-electron chi connectivity index (χ3n) is 5.06. The number of rotatable bonds is 21. The molecule has 3 heteroatoms. The van der Waals surface area contributed by atoms with Gasteiger partial charge in [0.15, 0.2) is 0 Å². The third-order valence-corrected chi connectivity index (χ3v) is 9.09. The Morgan fingerprint density at radius 3 is 1.48 bits per heavy atom. The summed E-state index contributed by atoms with van der Waals surface area (Å²) >= 11 is 0.149. The van der Waals surface area contributed by atoms with Crippen molar-refractivity contribution < 1.29 is 9.90 Å². The van der Waals surface area contributed by atoms with E-state index in [1.54, 1.807) is 8.87 Å². The monoisotopic (exact) mass is 515 g/mol. The van der Waals surface area contributed by atoms with Crippen molar-refractivity contribution in [2.24, 2.45) is 0 Å². The van der Waals surface area contributed by atoms with Gasteiger partial charge in [0.05, 0.1) is 0 Å². The molecule has 171 valence electrons. The van der Waals surface area contributed by atoms with Crippen molar-refractivity contribution in [3.05, 3.63) is 12.2 Å². The molecule has 0 spiro atoms. The Hall–Kier alpha value is 0.00870. The number of hydrogen-bond acceptors (Lipinski definition) is 2. The molecular weight excluding hydrogens is 463 g/mol. The van der Waals surface area contributed by atoms with Gasteiger partial charge in [0.1, 0.15) is 0 Å². The van der Waals surface area contributed by atoms with E-state index in [0.29, 0.717) is 0 Å². The Labute approximate surface area is 193 Å². The minimum absolute atomic E-state index is 0.149. The summed E-state index contributed by atoms with van der Waals surface area (Å²) in [7, 11) is 0. The second kappa shape index (κ2) is 30.2. The molecule has 0 bridgehead atoms. The molecule has 1 radical (unpaired) electrons. The van der Waals surface area contributed by atoms with E-state index in [-0.39, 0.29) is 27.6 Å². The number of unbranched alkanes of at least 4 members (excludes halogenated alkanes) is 13. The van der Waals surface area contributed by atoms with Crippen LogP contribution in [0.25, 0.3) is 0 Å². The first-order valence-corrected chi connectivity index (χ1v) is 16.8. The number of carbonyl (C=O) groups is 1. The van der Waals surface area contributed by atoms with Gasteiger partial charge < -0.3 is 9.90 Å². The van der Waals surface area contributed by atoms with E-state index in [9.17, 15) is 9.90 Å². The van der Waals surface area contributed by atoms with Gasteiger partial charge in [-0.2, -0.15) is 0 Å². The molecule has 0 fully saturated rings. The summed E-state index contributed by atoms with van der Waals surface area (Å²) in [4.78, 5) is 10.2. The van der Waals surface area contributed by atoms with Crippen LogP contribution in [0.3, 0.4) is 0 Å². The Morgan fingerprint density at radius 1 is 0.621 bits per heavy atom. The molecule has 0 atom stereocenters. The van der Waals surface area contributed by atoms with E-state index >= 15 is 0 Å². The quantitative estimate of drug-likeness (QED) is 0.0888. The van der Waals surface area contributed by atoms with E-state index in [4.69, 9.17) is 0 Å². The summed E-state index contributed by atoms with van der Waals surface area (Å²) in [5.41, 5.74) is 0. The molecule has 0 aliphatic heterocycles. The van der Waals surface area contributed by atoms with Gasteiger partial charge in [-0.05, 0) is 38.5 Å². The van der Waals surface area contributed by atoms with Crippen LogP contribution >= 0.6 is 0 Å². The SMILES string of the molecule is CCCCCCCCC=CCCCCCCCC(=O)[O-].CCC[CH2][Sn+][CH2]CCC. The van der Waals surface area contributed by atoms with Gasteiger partial charge in [-0.15, -0.1) is 0 Å². The first-order valence-electron chi connectivity index (χ1n) is 12.7.